The lowest BCUT2D eigenvalue weighted by Gasteiger charge is -2.20. The van der Waals surface area contributed by atoms with E-state index in [0.717, 1.165) is 36.2 Å². The average Bonchev–Trinajstić information content (AvgIpc) is 2.60. The molecule has 0 radical (unpaired) electrons. The van der Waals surface area contributed by atoms with Crippen LogP contribution in [0, 0.1) is 3.57 Å². The van der Waals surface area contributed by atoms with Crippen LogP contribution in [0.4, 0.5) is 0 Å². The van der Waals surface area contributed by atoms with E-state index in [1.807, 2.05) is 17.0 Å². The molecule has 3 nitrogen and oxygen atoms in total. The van der Waals surface area contributed by atoms with E-state index in [9.17, 15) is 4.79 Å². The first-order chi connectivity index (χ1) is 8.18. The van der Waals surface area contributed by atoms with Crippen LogP contribution in [0.1, 0.15) is 16.8 Å². The van der Waals surface area contributed by atoms with Gasteiger partial charge in [0.15, 0.2) is 0 Å². The fourth-order valence-corrected chi connectivity index (χ4v) is 2.38. The molecule has 1 fully saturated rings. The molecule has 1 aromatic carbocycles. The first kappa shape index (κ1) is 13.1. The van der Waals surface area contributed by atoms with Crippen LogP contribution in [-0.2, 0) is 0 Å². The van der Waals surface area contributed by atoms with Gasteiger partial charge in [0, 0.05) is 28.8 Å². The highest BCUT2D eigenvalue weighted by Gasteiger charge is 2.17. The van der Waals surface area contributed by atoms with Gasteiger partial charge in [-0.15, -0.1) is 0 Å². The monoisotopic (exact) mass is 364 g/mol. The van der Waals surface area contributed by atoms with Crippen molar-refractivity contribution in [2.24, 2.45) is 0 Å². The molecule has 0 aliphatic carbocycles. The van der Waals surface area contributed by atoms with Crippen LogP contribution < -0.4 is 5.32 Å². The lowest BCUT2D eigenvalue weighted by atomic mass is 10.2. The Labute approximate surface area is 120 Å². The van der Waals surface area contributed by atoms with Gasteiger partial charge in [-0.05, 0) is 53.8 Å². The van der Waals surface area contributed by atoms with Crippen molar-refractivity contribution in [1.29, 1.82) is 0 Å². The van der Waals surface area contributed by atoms with Gasteiger partial charge < -0.3 is 10.2 Å². The number of hydrogen-bond donors (Lipinski definition) is 1. The smallest absolute Gasteiger partial charge is 0.253 e. The highest BCUT2D eigenvalue weighted by Crippen LogP contribution is 2.20. The van der Waals surface area contributed by atoms with E-state index in [4.69, 9.17) is 11.6 Å². The third-order valence-electron chi connectivity index (χ3n) is 2.79. The van der Waals surface area contributed by atoms with Gasteiger partial charge in [-0.25, -0.2) is 0 Å². The van der Waals surface area contributed by atoms with Crippen LogP contribution in [0.15, 0.2) is 18.2 Å². The topological polar surface area (TPSA) is 32.3 Å². The molecule has 1 heterocycles. The maximum atomic E-state index is 12.3. The second-order valence-corrected chi connectivity index (χ2v) is 5.59. The van der Waals surface area contributed by atoms with E-state index in [1.54, 1.807) is 6.07 Å². The molecule has 1 amide bonds. The summed E-state index contributed by atoms with van der Waals surface area (Å²) >= 11 is 8.20. The predicted molar refractivity (Wildman–Crippen MR) is 77.6 cm³/mol. The van der Waals surface area contributed by atoms with E-state index >= 15 is 0 Å². The minimum atomic E-state index is 0.0759. The number of halogens is 2. The number of carbonyl (C=O) groups is 1. The van der Waals surface area contributed by atoms with Gasteiger partial charge in [-0.3, -0.25) is 4.79 Å². The summed E-state index contributed by atoms with van der Waals surface area (Å²) < 4.78 is 0.971. The average molecular weight is 365 g/mol. The Morgan fingerprint density at radius 2 is 2.18 bits per heavy atom. The fourth-order valence-electron chi connectivity index (χ4n) is 1.86. The first-order valence-corrected chi connectivity index (χ1v) is 7.09. The Morgan fingerprint density at radius 1 is 1.35 bits per heavy atom. The standard InChI is InChI=1S/C12H14ClIN2O/c13-10-8-9(2-3-11(10)14)12(17)16-6-1-4-15-5-7-16/h2-3,8,15H,1,4-7H2. The fraction of sp³-hybridized carbons (Fsp3) is 0.417. The number of rotatable bonds is 1. The zero-order valence-electron chi connectivity index (χ0n) is 9.38. The minimum absolute atomic E-state index is 0.0759. The summed E-state index contributed by atoms with van der Waals surface area (Å²) in [6.07, 6.45) is 1.00. The molecule has 92 valence electrons. The summed E-state index contributed by atoms with van der Waals surface area (Å²) in [5.74, 6) is 0.0759. The highest BCUT2D eigenvalue weighted by atomic mass is 127. The lowest BCUT2D eigenvalue weighted by molar-refractivity contribution is 0.0766. The van der Waals surface area contributed by atoms with Crippen LogP contribution in [0.25, 0.3) is 0 Å². The molecule has 0 bridgehead atoms. The summed E-state index contributed by atoms with van der Waals surface area (Å²) in [4.78, 5) is 14.1. The van der Waals surface area contributed by atoms with E-state index in [1.165, 1.54) is 0 Å². The summed E-state index contributed by atoms with van der Waals surface area (Å²) in [5.41, 5.74) is 0.678. The Morgan fingerprint density at radius 3 is 2.94 bits per heavy atom. The van der Waals surface area contributed by atoms with Crippen molar-refractivity contribution >= 4 is 40.1 Å². The van der Waals surface area contributed by atoms with Crippen molar-refractivity contribution in [3.8, 4) is 0 Å². The van der Waals surface area contributed by atoms with Crippen LogP contribution in [0.5, 0.6) is 0 Å². The zero-order valence-corrected chi connectivity index (χ0v) is 12.3. The molecule has 2 rings (SSSR count). The van der Waals surface area contributed by atoms with Gasteiger partial charge in [0.05, 0.1) is 5.02 Å². The molecular formula is C12H14ClIN2O. The highest BCUT2D eigenvalue weighted by molar-refractivity contribution is 14.1. The molecule has 1 saturated heterocycles. The molecule has 1 N–H and O–H groups in total. The second-order valence-electron chi connectivity index (χ2n) is 4.02. The molecule has 1 aromatic rings. The zero-order chi connectivity index (χ0) is 12.3. The van der Waals surface area contributed by atoms with E-state index in [0.29, 0.717) is 10.6 Å². The molecule has 0 aromatic heterocycles. The van der Waals surface area contributed by atoms with Crippen molar-refractivity contribution in [3.05, 3.63) is 32.4 Å². The van der Waals surface area contributed by atoms with Crippen molar-refractivity contribution in [3.63, 3.8) is 0 Å². The Bertz CT molecular complexity index is 417. The molecular weight excluding hydrogens is 351 g/mol. The summed E-state index contributed by atoms with van der Waals surface area (Å²) in [6, 6.07) is 5.48. The molecule has 1 aliphatic heterocycles. The largest absolute Gasteiger partial charge is 0.337 e. The maximum absolute atomic E-state index is 12.3. The number of benzene rings is 1. The number of nitrogens with one attached hydrogen (secondary N) is 1. The van der Waals surface area contributed by atoms with Gasteiger partial charge >= 0.3 is 0 Å². The van der Waals surface area contributed by atoms with Crippen LogP contribution in [0.3, 0.4) is 0 Å². The number of amides is 1. The maximum Gasteiger partial charge on any atom is 0.253 e. The lowest BCUT2D eigenvalue weighted by Crippen LogP contribution is -2.34. The molecule has 0 spiro atoms. The van der Waals surface area contributed by atoms with Crippen LogP contribution in [-0.4, -0.2) is 37.0 Å². The van der Waals surface area contributed by atoms with E-state index in [-0.39, 0.29) is 5.91 Å². The van der Waals surface area contributed by atoms with Gasteiger partial charge in [0.1, 0.15) is 0 Å². The molecule has 5 heteroatoms. The Balaban J connectivity index is 2.14. The quantitative estimate of drug-likeness (QED) is 0.776. The van der Waals surface area contributed by atoms with Crippen molar-refractivity contribution < 1.29 is 4.79 Å². The molecule has 17 heavy (non-hydrogen) atoms. The number of carbonyl (C=O) groups excluding carboxylic acids is 1. The third kappa shape index (κ3) is 3.33. The van der Waals surface area contributed by atoms with E-state index in [2.05, 4.69) is 27.9 Å². The number of hydrogen-bond acceptors (Lipinski definition) is 2. The number of nitrogens with zero attached hydrogens (tertiary/aromatic N) is 1. The van der Waals surface area contributed by atoms with Gasteiger partial charge in [-0.2, -0.15) is 0 Å². The van der Waals surface area contributed by atoms with Crippen molar-refractivity contribution in [2.75, 3.05) is 26.2 Å². The molecule has 0 unspecified atom stereocenters. The molecule has 1 aliphatic rings. The summed E-state index contributed by atoms with van der Waals surface area (Å²) in [6.45, 7) is 3.43. The van der Waals surface area contributed by atoms with Crippen molar-refractivity contribution in [1.82, 2.24) is 10.2 Å². The van der Waals surface area contributed by atoms with Crippen LogP contribution >= 0.6 is 34.2 Å². The SMILES string of the molecule is O=C(c1ccc(I)c(Cl)c1)N1CCCNCC1. The van der Waals surface area contributed by atoms with Gasteiger partial charge in [0.2, 0.25) is 0 Å². The minimum Gasteiger partial charge on any atom is -0.337 e. The second kappa shape index (κ2) is 6.02. The van der Waals surface area contributed by atoms with Crippen molar-refractivity contribution in [2.45, 2.75) is 6.42 Å². The molecule has 0 saturated carbocycles. The third-order valence-corrected chi connectivity index (χ3v) is 4.37. The molecule has 0 atom stereocenters. The Kier molecular flexibility index (Phi) is 4.64. The van der Waals surface area contributed by atoms with E-state index < -0.39 is 0 Å². The predicted octanol–water partition coefficient (Wildman–Crippen LogP) is 2.38. The van der Waals surface area contributed by atoms with Gasteiger partial charge in [-0.1, -0.05) is 11.6 Å². The Hall–Kier alpha value is -0.330. The summed E-state index contributed by atoms with van der Waals surface area (Å²) in [7, 11) is 0. The van der Waals surface area contributed by atoms with Crippen LogP contribution in [0.2, 0.25) is 5.02 Å². The normalized spacial score (nSPS) is 16.7. The summed E-state index contributed by atoms with van der Waals surface area (Å²) in [5, 5.41) is 3.93. The van der Waals surface area contributed by atoms with Gasteiger partial charge in [0.25, 0.3) is 5.91 Å². The first-order valence-electron chi connectivity index (χ1n) is 5.63.